The van der Waals surface area contributed by atoms with Crippen LogP contribution in [0.1, 0.15) is 19.3 Å². The minimum absolute atomic E-state index is 0.269. The summed E-state index contributed by atoms with van der Waals surface area (Å²) in [6.07, 6.45) is 2.97. The average molecular weight is 319 g/mol. The summed E-state index contributed by atoms with van der Waals surface area (Å²) in [5.74, 6) is -1.88. The fourth-order valence-corrected chi connectivity index (χ4v) is 2.80. The lowest BCUT2D eigenvalue weighted by Gasteiger charge is -2.18. The molecule has 0 bridgehead atoms. The number of rotatable bonds is 8. The number of benzene rings is 1. The first-order chi connectivity index (χ1) is 9.90. The van der Waals surface area contributed by atoms with Gasteiger partial charge in [-0.3, -0.25) is 4.72 Å². The minimum atomic E-state index is -3.97. The maximum Gasteiger partial charge on any atom is 0.301 e. The van der Waals surface area contributed by atoms with Gasteiger partial charge in [0.05, 0.1) is 0 Å². The van der Waals surface area contributed by atoms with Crippen LogP contribution in [0, 0.1) is 11.6 Å². The maximum absolute atomic E-state index is 13.5. The van der Waals surface area contributed by atoms with Gasteiger partial charge in [-0.05, 0) is 37.9 Å². The van der Waals surface area contributed by atoms with Gasteiger partial charge in [-0.2, -0.15) is 12.7 Å². The van der Waals surface area contributed by atoms with Gasteiger partial charge in [-0.15, -0.1) is 0 Å². The van der Waals surface area contributed by atoms with E-state index in [2.05, 4.69) is 5.32 Å². The van der Waals surface area contributed by atoms with Crippen molar-refractivity contribution < 1.29 is 17.2 Å². The van der Waals surface area contributed by atoms with Crippen molar-refractivity contribution in [3.8, 4) is 0 Å². The summed E-state index contributed by atoms with van der Waals surface area (Å²) in [6.45, 7) is 0.990. The molecule has 2 rings (SSSR count). The zero-order valence-corrected chi connectivity index (χ0v) is 12.6. The first-order valence-electron chi connectivity index (χ1n) is 6.81. The molecule has 0 aromatic heterocycles. The van der Waals surface area contributed by atoms with Crippen LogP contribution in [0.2, 0.25) is 0 Å². The molecule has 5 nitrogen and oxygen atoms in total. The van der Waals surface area contributed by atoms with Gasteiger partial charge >= 0.3 is 10.2 Å². The Morgan fingerprint density at radius 1 is 1.29 bits per heavy atom. The Hall–Kier alpha value is -1.25. The van der Waals surface area contributed by atoms with Crippen LogP contribution in [-0.2, 0) is 10.2 Å². The third-order valence-corrected chi connectivity index (χ3v) is 4.73. The normalized spacial score (nSPS) is 15.4. The molecule has 0 unspecified atom stereocenters. The van der Waals surface area contributed by atoms with Crippen molar-refractivity contribution in [3.05, 3.63) is 29.8 Å². The fraction of sp³-hybridized carbons (Fsp3) is 0.538. The van der Waals surface area contributed by atoms with Crippen molar-refractivity contribution in [1.29, 1.82) is 0 Å². The van der Waals surface area contributed by atoms with E-state index in [0.29, 0.717) is 12.5 Å². The third kappa shape index (κ3) is 4.62. The van der Waals surface area contributed by atoms with E-state index in [9.17, 15) is 17.2 Å². The molecule has 1 aliphatic carbocycles. The summed E-state index contributed by atoms with van der Waals surface area (Å²) < 4.78 is 53.9. The second kappa shape index (κ2) is 6.67. The molecule has 0 amide bonds. The fourth-order valence-electron chi connectivity index (χ4n) is 1.82. The summed E-state index contributed by atoms with van der Waals surface area (Å²) in [5, 5.41) is 3.27. The molecular formula is C13H19F2N3O2S. The highest BCUT2D eigenvalue weighted by Gasteiger charge is 2.22. The van der Waals surface area contributed by atoms with Crippen LogP contribution in [0.15, 0.2) is 18.2 Å². The van der Waals surface area contributed by atoms with E-state index in [4.69, 9.17) is 0 Å². The second-order valence-electron chi connectivity index (χ2n) is 5.11. The predicted molar refractivity (Wildman–Crippen MR) is 77.2 cm³/mol. The number of para-hydroxylation sites is 1. The van der Waals surface area contributed by atoms with Gasteiger partial charge in [-0.25, -0.2) is 8.78 Å². The molecule has 1 saturated carbocycles. The standard InChI is InChI=1S/C13H19F2N3O2S/c1-18(9-3-8-16-10-6-7-10)21(19,20)17-13-11(14)4-2-5-12(13)15/h2,4-5,10,16-17H,3,6-9H2,1H3. The Bertz CT molecular complexity index is 571. The molecule has 8 heteroatoms. The number of hydrogen-bond donors (Lipinski definition) is 2. The summed E-state index contributed by atoms with van der Waals surface area (Å²) in [5.41, 5.74) is -0.652. The lowest BCUT2D eigenvalue weighted by atomic mass is 10.3. The smallest absolute Gasteiger partial charge is 0.301 e. The van der Waals surface area contributed by atoms with Gasteiger partial charge in [0.1, 0.15) is 17.3 Å². The first kappa shape index (κ1) is 16.1. The average Bonchev–Trinajstić information content (AvgIpc) is 3.23. The summed E-state index contributed by atoms with van der Waals surface area (Å²) in [4.78, 5) is 0. The van der Waals surface area contributed by atoms with Crippen molar-refractivity contribution in [2.75, 3.05) is 24.9 Å². The van der Waals surface area contributed by atoms with Crippen LogP contribution < -0.4 is 10.0 Å². The van der Waals surface area contributed by atoms with Gasteiger partial charge in [0.15, 0.2) is 0 Å². The zero-order valence-electron chi connectivity index (χ0n) is 11.8. The molecule has 0 heterocycles. The molecule has 1 fully saturated rings. The van der Waals surface area contributed by atoms with Gasteiger partial charge < -0.3 is 5.32 Å². The highest BCUT2D eigenvalue weighted by Crippen LogP contribution is 2.20. The van der Waals surface area contributed by atoms with Crippen molar-refractivity contribution in [2.24, 2.45) is 0 Å². The maximum atomic E-state index is 13.5. The molecule has 0 radical (unpaired) electrons. The molecule has 118 valence electrons. The zero-order chi connectivity index (χ0) is 15.5. The van der Waals surface area contributed by atoms with Crippen LogP contribution >= 0.6 is 0 Å². The van der Waals surface area contributed by atoms with Crippen molar-refractivity contribution in [3.63, 3.8) is 0 Å². The molecule has 1 aliphatic rings. The molecule has 1 aromatic carbocycles. The van der Waals surface area contributed by atoms with Crippen LogP contribution in [0.5, 0.6) is 0 Å². The topological polar surface area (TPSA) is 61.4 Å². The minimum Gasteiger partial charge on any atom is -0.314 e. The van der Waals surface area contributed by atoms with E-state index in [0.717, 1.165) is 23.0 Å². The van der Waals surface area contributed by atoms with Gasteiger partial charge in [0.2, 0.25) is 0 Å². The molecule has 0 spiro atoms. The quantitative estimate of drug-likeness (QED) is 0.717. The van der Waals surface area contributed by atoms with E-state index in [1.165, 1.54) is 26.0 Å². The highest BCUT2D eigenvalue weighted by molar-refractivity contribution is 7.90. The Kier molecular flexibility index (Phi) is 5.13. The third-order valence-electron chi connectivity index (χ3n) is 3.26. The monoisotopic (exact) mass is 319 g/mol. The van der Waals surface area contributed by atoms with Crippen LogP contribution in [-0.4, -0.2) is 38.9 Å². The number of nitrogens with one attached hydrogen (secondary N) is 2. The Morgan fingerprint density at radius 2 is 1.90 bits per heavy atom. The van der Waals surface area contributed by atoms with E-state index in [-0.39, 0.29) is 6.54 Å². The second-order valence-corrected chi connectivity index (χ2v) is 6.88. The van der Waals surface area contributed by atoms with E-state index in [1.54, 1.807) is 0 Å². The van der Waals surface area contributed by atoms with Gasteiger partial charge in [0.25, 0.3) is 0 Å². The van der Waals surface area contributed by atoms with E-state index in [1.807, 2.05) is 4.72 Å². The first-order valence-corrected chi connectivity index (χ1v) is 8.25. The number of hydrogen-bond acceptors (Lipinski definition) is 3. The van der Waals surface area contributed by atoms with E-state index >= 15 is 0 Å². The summed E-state index contributed by atoms with van der Waals surface area (Å²) >= 11 is 0. The molecule has 2 N–H and O–H groups in total. The summed E-state index contributed by atoms with van der Waals surface area (Å²) in [7, 11) is -2.59. The lowest BCUT2D eigenvalue weighted by molar-refractivity contribution is 0.457. The van der Waals surface area contributed by atoms with Crippen molar-refractivity contribution in [2.45, 2.75) is 25.3 Å². The van der Waals surface area contributed by atoms with E-state index < -0.39 is 27.5 Å². The summed E-state index contributed by atoms with van der Waals surface area (Å²) in [6, 6.07) is 3.74. The van der Waals surface area contributed by atoms with Crippen molar-refractivity contribution >= 4 is 15.9 Å². The predicted octanol–water partition coefficient (Wildman–Crippen LogP) is 1.70. The van der Waals surface area contributed by atoms with Crippen LogP contribution in [0.4, 0.5) is 14.5 Å². The number of nitrogens with zero attached hydrogens (tertiary/aromatic N) is 1. The SMILES string of the molecule is CN(CCCNC1CC1)S(=O)(=O)Nc1c(F)cccc1F. The van der Waals surface area contributed by atoms with Gasteiger partial charge in [-0.1, -0.05) is 6.07 Å². The van der Waals surface area contributed by atoms with Crippen LogP contribution in [0.3, 0.4) is 0 Å². The molecule has 21 heavy (non-hydrogen) atoms. The molecule has 1 aromatic rings. The number of anilines is 1. The Balaban J connectivity index is 1.90. The Labute approximate surface area is 123 Å². The largest absolute Gasteiger partial charge is 0.314 e. The molecule has 0 aliphatic heterocycles. The Morgan fingerprint density at radius 3 is 2.48 bits per heavy atom. The molecular weight excluding hydrogens is 300 g/mol. The molecule has 0 saturated heterocycles. The molecule has 0 atom stereocenters. The lowest BCUT2D eigenvalue weighted by Crippen LogP contribution is -2.35. The van der Waals surface area contributed by atoms with Crippen LogP contribution in [0.25, 0.3) is 0 Å². The number of halogens is 2. The highest BCUT2D eigenvalue weighted by atomic mass is 32.2. The van der Waals surface area contributed by atoms with Gasteiger partial charge in [0, 0.05) is 19.6 Å². The van der Waals surface area contributed by atoms with Crippen molar-refractivity contribution in [1.82, 2.24) is 9.62 Å².